The van der Waals surface area contributed by atoms with E-state index in [9.17, 15) is 4.79 Å². The molecular formula is C16H22IN3O. The molecular weight excluding hydrogens is 377 g/mol. The molecule has 1 saturated carbocycles. The lowest BCUT2D eigenvalue weighted by atomic mass is 9.89. The monoisotopic (exact) mass is 399 g/mol. The summed E-state index contributed by atoms with van der Waals surface area (Å²) in [6, 6.07) is 7.66. The number of hydrazone groups is 1. The van der Waals surface area contributed by atoms with Crippen molar-refractivity contribution >= 4 is 39.9 Å². The molecule has 0 aliphatic heterocycles. The van der Waals surface area contributed by atoms with Crippen molar-refractivity contribution in [2.45, 2.75) is 45.6 Å². The van der Waals surface area contributed by atoms with Gasteiger partial charge in [0, 0.05) is 15.0 Å². The number of hydrogen-bond acceptors (Lipinski definition) is 3. The first kappa shape index (κ1) is 16.3. The number of anilines is 1. The zero-order valence-corrected chi connectivity index (χ0v) is 14.7. The Morgan fingerprint density at radius 1 is 1.33 bits per heavy atom. The maximum atomic E-state index is 12.1. The Hall–Kier alpha value is -1.11. The van der Waals surface area contributed by atoms with Crippen LogP contribution in [-0.2, 0) is 4.79 Å². The van der Waals surface area contributed by atoms with Gasteiger partial charge in [0.15, 0.2) is 0 Å². The van der Waals surface area contributed by atoms with Gasteiger partial charge in [-0.05, 0) is 79.0 Å². The molecule has 0 spiro atoms. The van der Waals surface area contributed by atoms with E-state index >= 15 is 0 Å². The van der Waals surface area contributed by atoms with E-state index in [0.29, 0.717) is 5.92 Å². The number of rotatable bonds is 4. The average Bonchev–Trinajstić information content (AvgIpc) is 2.48. The Kier molecular flexibility index (Phi) is 6.02. The fourth-order valence-corrected chi connectivity index (χ4v) is 2.78. The predicted octanol–water partition coefficient (Wildman–Crippen LogP) is 3.77. The van der Waals surface area contributed by atoms with E-state index in [1.807, 2.05) is 31.2 Å². The third-order valence-corrected chi connectivity index (χ3v) is 4.54. The first-order valence-corrected chi connectivity index (χ1v) is 8.52. The summed E-state index contributed by atoms with van der Waals surface area (Å²) in [4.78, 5) is 12.1. The minimum absolute atomic E-state index is 0.0983. The van der Waals surface area contributed by atoms with Crippen molar-refractivity contribution in [3.63, 3.8) is 0 Å². The summed E-state index contributed by atoms with van der Waals surface area (Å²) in [5.41, 5.74) is 4.76. The highest BCUT2D eigenvalue weighted by molar-refractivity contribution is 14.1. The first-order chi connectivity index (χ1) is 10.1. The molecule has 21 heavy (non-hydrogen) atoms. The van der Waals surface area contributed by atoms with Crippen molar-refractivity contribution in [2.75, 3.05) is 5.32 Å². The van der Waals surface area contributed by atoms with Crippen molar-refractivity contribution in [2.24, 2.45) is 11.0 Å². The molecule has 0 aromatic heterocycles. The number of carbonyl (C=O) groups is 1. The van der Waals surface area contributed by atoms with Crippen LogP contribution < -0.4 is 10.7 Å². The maximum Gasteiger partial charge on any atom is 0.262 e. The molecule has 1 aromatic carbocycles. The molecule has 114 valence electrons. The highest BCUT2D eigenvalue weighted by Gasteiger charge is 2.17. The van der Waals surface area contributed by atoms with E-state index in [1.54, 1.807) is 0 Å². The van der Waals surface area contributed by atoms with Gasteiger partial charge in [-0.25, -0.2) is 5.43 Å². The zero-order valence-electron chi connectivity index (χ0n) is 12.5. The lowest BCUT2D eigenvalue weighted by Gasteiger charge is -2.20. The molecule has 4 nitrogen and oxygen atoms in total. The number of carbonyl (C=O) groups excluding carboxylic acids is 1. The zero-order chi connectivity index (χ0) is 15.2. The summed E-state index contributed by atoms with van der Waals surface area (Å²) in [7, 11) is 0. The Balaban J connectivity index is 1.87. The van der Waals surface area contributed by atoms with Gasteiger partial charge in [-0.15, -0.1) is 0 Å². The van der Waals surface area contributed by atoms with Gasteiger partial charge in [-0.1, -0.05) is 13.3 Å². The average molecular weight is 399 g/mol. The Morgan fingerprint density at radius 3 is 2.71 bits per heavy atom. The van der Waals surface area contributed by atoms with E-state index < -0.39 is 0 Å². The predicted molar refractivity (Wildman–Crippen MR) is 95.5 cm³/mol. The van der Waals surface area contributed by atoms with Crippen LogP contribution >= 0.6 is 22.6 Å². The third kappa shape index (κ3) is 4.98. The highest BCUT2D eigenvalue weighted by Crippen LogP contribution is 2.20. The summed E-state index contributed by atoms with van der Waals surface area (Å²) in [6.07, 6.45) is 4.61. The standard InChI is InChI=1S/C16H22IN3O/c1-11-5-3-4-6-15(11)19-20-16(21)12(2)18-14-9-7-13(17)8-10-14/h7-12,18H,3-6H2,1-2H3,(H,20,21). The minimum atomic E-state index is -0.312. The third-order valence-electron chi connectivity index (χ3n) is 3.82. The second kappa shape index (κ2) is 7.77. The van der Waals surface area contributed by atoms with Crippen LogP contribution in [0.1, 0.15) is 39.5 Å². The van der Waals surface area contributed by atoms with Crippen molar-refractivity contribution < 1.29 is 4.79 Å². The van der Waals surface area contributed by atoms with Crippen LogP contribution in [-0.4, -0.2) is 17.7 Å². The quantitative estimate of drug-likeness (QED) is 0.598. The van der Waals surface area contributed by atoms with Crippen molar-refractivity contribution in [1.29, 1.82) is 0 Å². The van der Waals surface area contributed by atoms with Crippen LogP contribution in [0.15, 0.2) is 29.4 Å². The molecule has 2 rings (SSSR count). The van der Waals surface area contributed by atoms with Gasteiger partial charge in [0.2, 0.25) is 0 Å². The van der Waals surface area contributed by atoms with Gasteiger partial charge in [0.05, 0.1) is 0 Å². The summed E-state index contributed by atoms with van der Waals surface area (Å²) in [5, 5.41) is 7.50. The highest BCUT2D eigenvalue weighted by atomic mass is 127. The molecule has 0 saturated heterocycles. The molecule has 1 aliphatic carbocycles. The van der Waals surface area contributed by atoms with Crippen molar-refractivity contribution in [3.8, 4) is 0 Å². The van der Waals surface area contributed by atoms with Crippen LogP contribution in [0.2, 0.25) is 0 Å². The SMILES string of the molecule is CC1CCCCC1=NNC(=O)C(C)Nc1ccc(I)cc1. The maximum absolute atomic E-state index is 12.1. The van der Waals surface area contributed by atoms with E-state index in [0.717, 1.165) is 17.8 Å². The van der Waals surface area contributed by atoms with Crippen LogP contribution in [0.5, 0.6) is 0 Å². The number of hydrogen-bond donors (Lipinski definition) is 2. The summed E-state index contributed by atoms with van der Waals surface area (Å²) < 4.78 is 1.17. The van der Waals surface area contributed by atoms with Gasteiger partial charge >= 0.3 is 0 Å². The molecule has 0 bridgehead atoms. The molecule has 1 aromatic rings. The number of amides is 1. The number of nitrogens with one attached hydrogen (secondary N) is 2. The Labute approximate surface area is 139 Å². The molecule has 0 radical (unpaired) electrons. The Bertz CT molecular complexity index is 513. The van der Waals surface area contributed by atoms with Crippen LogP contribution in [0, 0.1) is 9.49 Å². The van der Waals surface area contributed by atoms with Gasteiger partial charge in [0.1, 0.15) is 6.04 Å². The summed E-state index contributed by atoms with van der Waals surface area (Å²) in [6.45, 7) is 4.02. The van der Waals surface area contributed by atoms with Gasteiger partial charge < -0.3 is 5.32 Å². The molecule has 2 unspecified atom stereocenters. The molecule has 2 N–H and O–H groups in total. The smallest absolute Gasteiger partial charge is 0.262 e. The molecule has 2 atom stereocenters. The van der Waals surface area contributed by atoms with Crippen LogP contribution in [0.4, 0.5) is 5.69 Å². The van der Waals surface area contributed by atoms with Crippen LogP contribution in [0.25, 0.3) is 0 Å². The van der Waals surface area contributed by atoms with E-state index in [1.165, 1.54) is 22.8 Å². The second-order valence-corrected chi connectivity index (χ2v) is 6.84. The molecule has 1 aliphatic rings. The van der Waals surface area contributed by atoms with Crippen LogP contribution in [0.3, 0.4) is 0 Å². The second-order valence-electron chi connectivity index (χ2n) is 5.60. The van der Waals surface area contributed by atoms with Gasteiger partial charge in [0.25, 0.3) is 5.91 Å². The first-order valence-electron chi connectivity index (χ1n) is 7.44. The summed E-state index contributed by atoms with van der Waals surface area (Å²) in [5.74, 6) is 0.386. The van der Waals surface area contributed by atoms with Gasteiger partial charge in [-0.2, -0.15) is 5.10 Å². The number of benzene rings is 1. The van der Waals surface area contributed by atoms with E-state index in [2.05, 4.69) is 45.4 Å². The van der Waals surface area contributed by atoms with Gasteiger partial charge in [-0.3, -0.25) is 4.79 Å². The topological polar surface area (TPSA) is 53.5 Å². The fraction of sp³-hybridized carbons (Fsp3) is 0.500. The normalized spacial score (nSPS) is 21.9. The number of nitrogens with zero attached hydrogens (tertiary/aromatic N) is 1. The van der Waals surface area contributed by atoms with Crippen molar-refractivity contribution in [1.82, 2.24) is 5.43 Å². The number of halogens is 1. The molecule has 0 heterocycles. The minimum Gasteiger partial charge on any atom is -0.374 e. The lowest BCUT2D eigenvalue weighted by molar-refractivity contribution is -0.121. The molecule has 1 amide bonds. The fourth-order valence-electron chi connectivity index (χ4n) is 2.42. The van der Waals surface area contributed by atoms with E-state index in [-0.39, 0.29) is 11.9 Å². The Morgan fingerprint density at radius 2 is 2.05 bits per heavy atom. The molecule has 5 heteroatoms. The van der Waals surface area contributed by atoms with E-state index in [4.69, 9.17) is 0 Å². The largest absolute Gasteiger partial charge is 0.374 e. The molecule has 1 fully saturated rings. The lowest BCUT2D eigenvalue weighted by Crippen LogP contribution is -2.36. The van der Waals surface area contributed by atoms with Crippen molar-refractivity contribution in [3.05, 3.63) is 27.8 Å². The summed E-state index contributed by atoms with van der Waals surface area (Å²) >= 11 is 2.26.